The highest BCUT2D eigenvalue weighted by atomic mass is 35.5. The van der Waals surface area contributed by atoms with Crippen LogP contribution in [0.3, 0.4) is 0 Å². The van der Waals surface area contributed by atoms with Gasteiger partial charge in [-0.3, -0.25) is 4.79 Å². The van der Waals surface area contributed by atoms with Crippen molar-refractivity contribution in [3.63, 3.8) is 0 Å². The van der Waals surface area contributed by atoms with Crippen molar-refractivity contribution in [3.05, 3.63) is 12.2 Å². The molecule has 0 rings (SSSR count). The molecule has 0 aliphatic rings. The molecule has 26 heavy (non-hydrogen) atoms. The van der Waals surface area contributed by atoms with Gasteiger partial charge in [-0.15, -0.1) is 24.8 Å². The Morgan fingerprint density at radius 3 is 1.81 bits per heavy atom. The minimum Gasteiger partial charge on any atom is -0.466 e. The second-order valence-corrected chi connectivity index (χ2v) is 6.90. The van der Waals surface area contributed by atoms with E-state index in [1.807, 2.05) is 6.92 Å². The number of carbonyl (C=O) groups excluding carboxylic acids is 1. The molecule has 0 fully saturated rings. The summed E-state index contributed by atoms with van der Waals surface area (Å²) in [6, 6.07) is 0. The fourth-order valence-electron chi connectivity index (χ4n) is 3.09. The van der Waals surface area contributed by atoms with Crippen LogP contribution < -0.4 is 0 Å². The molecule has 1 atom stereocenters. The second-order valence-electron chi connectivity index (χ2n) is 6.90. The Morgan fingerprint density at radius 1 is 0.731 bits per heavy atom. The maximum absolute atomic E-state index is 11.8. The van der Waals surface area contributed by atoms with Crippen LogP contribution in [-0.4, -0.2) is 12.6 Å². The highest BCUT2D eigenvalue weighted by molar-refractivity contribution is 5.85. The van der Waals surface area contributed by atoms with E-state index in [2.05, 4.69) is 26.0 Å². The van der Waals surface area contributed by atoms with Crippen molar-refractivity contribution in [2.75, 3.05) is 6.61 Å². The lowest BCUT2D eigenvalue weighted by Gasteiger charge is -2.13. The fraction of sp³-hybridized carbons (Fsp3) is 0.864. The average molecular weight is 411 g/mol. The van der Waals surface area contributed by atoms with Gasteiger partial charge in [0.15, 0.2) is 0 Å². The molecule has 0 amide bonds. The number of esters is 1. The quantitative estimate of drug-likeness (QED) is 0.137. The SMILES string of the molecule is CCCCCCCCCCCC=CCCC(CCC)C(=O)OCC.Cl.Cl. The molecular formula is C22H44Cl2O2. The van der Waals surface area contributed by atoms with Crippen molar-refractivity contribution in [1.29, 1.82) is 0 Å². The van der Waals surface area contributed by atoms with E-state index in [1.54, 1.807) is 0 Å². The predicted octanol–water partition coefficient (Wildman–Crippen LogP) is 8.07. The minimum atomic E-state index is -0.00770. The van der Waals surface area contributed by atoms with Gasteiger partial charge in [0.25, 0.3) is 0 Å². The van der Waals surface area contributed by atoms with E-state index < -0.39 is 0 Å². The largest absolute Gasteiger partial charge is 0.466 e. The molecule has 1 unspecified atom stereocenters. The number of unbranched alkanes of at least 4 members (excludes halogenated alkanes) is 9. The van der Waals surface area contributed by atoms with Gasteiger partial charge in [0.05, 0.1) is 12.5 Å². The monoisotopic (exact) mass is 410 g/mol. The summed E-state index contributed by atoms with van der Waals surface area (Å²) in [5, 5.41) is 0. The van der Waals surface area contributed by atoms with Crippen LogP contribution in [0.2, 0.25) is 0 Å². The first-order chi connectivity index (χ1) is 11.8. The third-order valence-electron chi connectivity index (χ3n) is 4.58. The normalized spacial score (nSPS) is 11.7. The van der Waals surface area contributed by atoms with E-state index in [0.29, 0.717) is 6.61 Å². The van der Waals surface area contributed by atoms with Crippen LogP contribution in [-0.2, 0) is 9.53 Å². The summed E-state index contributed by atoms with van der Waals surface area (Å²) in [5.74, 6) is 0.0824. The van der Waals surface area contributed by atoms with Gasteiger partial charge < -0.3 is 4.74 Å². The number of allylic oxidation sites excluding steroid dienone is 2. The standard InChI is InChI=1S/C22H42O2.2ClH/c1-4-7-8-9-10-11-12-13-14-15-16-17-18-20-21(19-5-2)22(23)24-6-3;;/h16-17,21H,4-15,18-20H2,1-3H3;2*1H. The maximum atomic E-state index is 11.8. The van der Waals surface area contributed by atoms with Gasteiger partial charge in [0.1, 0.15) is 0 Å². The van der Waals surface area contributed by atoms with Crippen LogP contribution in [0.25, 0.3) is 0 Å². The van der Waals surface area contributed by atoms with E-state index in [4.69, 9.17) is 4.74 Å². The van der Waals surface area contributed by atoms with Gasteiger partial charge in [0.2, 0.25) is 0 Å². The Bertz CT molecular complexity index is 307. The van der Waals surface area contributed by atoms with Crippen molar-refractivity contribution < 1.29 is 9.53 Å². The molecule has 2 nitrogen and oxygen atoms in total. The molecule has 158 valence electrons. The van der Waals surface area contributed by atoms with Gasteiger partial charge in [-0.1, -0.05) is 83.8 Å². The molecule has 0 radical (unpaired) electrons. The summed E-state index contributed by atoms with van der Waals surface area (Å²) in [6.45, 7) is 6.78. The lowest BCUT2D eigenvalue weighted by atomic mass is 9.98. The summed E-state index contributed by atoms with van der Waals surface area (Å²) < 4.78 is 5.16. The first-order valence-corrected chi connectivity index (χ1v) is 10.6. The third kappa shape index (κ3) is 20.1. The predicted molar refractivity (Wildman–Crippen MR) is 120 cm³/mol. The first kappa shape index (κ1) is 30.5. The lowest BCUT2D eigenvalue weighted by Crippen LogP contribution is -2.17. The number of halogens is 2. The molecule has 0 aliphatic carbocycles. The highest BCUT2D eigenvalue weighted by Gasteiger charge is 2.17. The van der Waals surface area contributed by atoms with Gasteiger partial charge in [-0.25, -0.2) is 0 Å². The molecule has 0 aliphatic heterocycles. The summed E-state index contributed by atoms with van der Waals surface area (Å²) in [6.07, 6.45) is 22.1. The number of hydrogen-bond acceptors (Lipinski definition) is 2. The molecule has 4 heteroatoms. The van der Waals surface area contributed by atoms with E-state index in [-0.39, 0.29) is 36.7 Å². The maximum Gasteiger partial charge on any atom is 0.308 e. The van der Waals surface area contributed by atoms with Gasteiger partial charge >= 0.3 is 5.97 Å². The second kappa shape index (κ2) is 24.8. The molecular weight excluding hydrogens is 367 g/mol. The zero-order valence-corrected chi connectivity index (χ0v) is 19.1. The molecule has 0 saturated heterocycles. The van der Waals surface area contributed by atoms with Crippen molar-refractivity contribution in [2.24, 2.45) is 5.92 Å². The summed E-state index contributed by atoms with van der Waals surface area (Å²) in [4.78, 5) is 11.8. The smallest absolute Gasteiger partial charge is 0.308 e. The molecule has 0 spiro atoms. The third-order valence-corrected chi connectivity index (χ3v) is 4.58. The van der Waals surface area contributed by atoms with Crippen molar-refractivity contribution >= 4 is 30.8 Å². The van der Waals surface area contributed by atoms with E-state index in [9.17, 15) is 4.79 Å². The summed E-state index contributed by atoms with van der Waals surface area (Å²) >= 11 is 0. The fourth-order valence-corrected chi connectivity index (χ4v) is 3.09. The molecule has 0 N–H and O–H groups in total. The summed E-state index contributed by atoms with van der Waals surface area (Å²) in [7, 11) is 0. The number of rotatable bonds is 17. The van der Waals surface area contributed by atoms with Crippen LogP contribution in [0.15, 0.2) is 12.2 Å². The molecule has 0 aromatic heterocycles. The Labute approximate surface area is 175 Å². The van der Waals surface area contributed by atoms with E-state index in [1.165, 1.54) is 64.2 Å². The minimum absolute atomic E-state index is 0. The van der Waals surface area contributed by atoms with Crippen LogP contribution in [0.5, 0.6) is 0 Å². The number of ether oxygens (including phenoxy) is 1. The molecule has 0 aromatic carbocycles. The molecule has 0 aromatic rings. The van der Waals surface area contributed by atoms with Crippen molar-refractivity contribution in [2.45, 2.75) is 111 Å². The van der Waals surface area contributed by atoms with E-state index in [0.717, 1.165) is 25.7 Å². The van der Waals surface area contributed by atoms with Gasteiger partial charge in [0, 0.05) is 0 Å². The first-order valence-electron chi connectivity index (χ1n) is 10.6. The highest BCUT2D eigenvalue weighted by Crippen LogP contribution is 2.16. The van der Waals surface area contributed by atoms with Crippen LogP contribution >= 0.6 is 24.8 Å². The topological polar surface area (TPSA) is 26.3 Å². The van der Waals surface area contributed by atoms with E-state index >= 15 is 0 Å². The van der Waals surface area contributed by atoms with Crippen LogP contribution in [0, 0.1) is 5.92 Å². The number of carbonyl (C=O) groups is 1. The Hall–Kier alpha value is -0.210. The molecule has 0 saturated carbocycles. The Morgan fingerprint density at radius 2 is 1.27 bits per heavy atom. The summed E-state index contributed by atoms with van der Waals surface area (Å²) in [5.41, 5.74) is 0. The Kier molecular flexibility index (Phi) is 29.1. The Balaban J connectivity index is -0.00000264. The molecule has 0 bridgehead atoms. The van der Waals surface area contributed by atoms with Crippen molar-refractivity contribution in [3.8, 4) is 0 Å². The number of hydrogen-bond donors (Lipinski definition) is 0. The van der Waals surface area contributed by atoms with Gasteiger partial charge in [-0.2, -0.15) is 0 Å². The zero-order valence-electron chi connectivity index (χ0n) is 17.5. The van der Waals surface area contributed by atoms with Crippen molar-refractivity contribution in [1.82, 2.24) is 0 Å². The lowest BCUT2D eigenvalue weighted by molar-refractivity contribution is -0.148. The zero-order chi connectivity index (χ0) is 17.9. The average Bonchev–Trinajstić information content (AvgIpc) is 2.58. The van der Waals surface area contributed by atoms with Crippen LogP contribution in [0.4, 0.5) is 0 Å². The van der Waals surface area contributed by atoms with Crippen LogP contribution in [0.1, 0.15) is 111 Å². The molecule has 0 heterocycles. The van der Waals surface area contributed by atoms with Gasteiger partial charge in [-0.05, 0) is 39.0 Å².